The largest absolute Gasteiger partial charge is 0.418 e. The van der Waals surface area contributed by atoms with Crippen LogP contribution in [0.5, 0.6) is 0 Å². The summed E-state index contributed by atoms with van der Waals surface area (Å²) in [7, 11) is 0. The Hall–Kier alpha value is -4.26. The minimum atomic E-state index is -4.68. The number of nitriles is 1. The average Bonchev–Trinajstić information content (AvgIpc) is 3.82. The molecule has 4 N–H and O–H groups in total. The molecule has 0 bridgehead atoms. The lowest BCUT2D eigenvalue weighted by atomic mass is 9.76. The molecule has 3 unspecified atom stereocenters. The zero-order valence-corrected chi connectivity index (χ0v) is 26.9. The van der Waals surface area contributed by atoms with Gasteiger partial charge in [-0.2, -0.15) is 18.4 Å². The van der Waals surface area contributed by atoms with Gasteiger partial charge >= 0.3 is 6.18 Å². The Labute approximate surface area is 273 Å². The molecule has 1 heterocycles. The van der Waals surface area contributed by atoms with Gasteiger partial charge in [0.25, 0.3) is 0 Å². The van der Waals surface area contributed by atoms with Crippen LogP contribution in [0.3, 0.4) is 0 Å². The van der Waals surface area contributed by atoms with Crippen LogP contribution in [0.4, 0.5) is 17.6 Å². The van der Waals surface area contributed by atoms with Crippen molar-refractivity contribution in [3.8, 4) is 11.8 Å². The Morgan fingerprint density at radius 2 is 1.72 bits per heavy atom. The molecule has 0 spiro atoms. The van der Waals surface area contributed by atoms with Crippen LogP contribution in [0.1, 0.15) is 102 Å². The lowest BCUT2D eigenvalue weighted by Gasteiger charge is -2.32. The molecule has 3 atom stereocenters. The number of alkyl halides is 3. The SMILES string of the molecule is CCc1c(C(F)(F)F)cc(C(=O)C(C)C(C)c2cc(C(N)(CCC3CC3)c3cccc(C#N)c3)ccc2F)n1-c1cccc(CN)c1. The van der Waals surface area contributed by atoms with Crippen molar-refractivity contribution in [2.75, 3.05) is 0 Å². The van der Waals surface area contributed by atoms with E-state index in [0.717, 1.165) is 30.9 Å². The summed E-state index contributed by atoms with van der Waals surface area (Å²) in [6.07, 6.45) is -0.937. The lowest BCUT2D eigenvalue weighted by Crippen LogP contribution is -2.38. The van der Waals surface area contributed by atoms with Crippen LogP contribution in [0.2, 0.25) is 0 Å². The molecule has 0 saturated heterocycles. The van der Waals surface area contributed by atoms with Gasteiger partial charge in [-0.3, -0.25) is 4.79 Å². The number of benzene rings is 3. The summed E-state index contributed by atoms with van der Waals surface area (Å²) >= 11 is 0. The highest BCUT2D eigenvalue weighted by Gasteiger charge is 2.39. The minimum absolute atomic E-state index is 0.0298. The Kier molecular flexibility index (Phi) is 9.76. The fourth-order valence-corrected chi connectivity index (χ4v) is 6.50. The number of hydrogen-bond donors (Lipinski definition) is 2. The van der Waals surface area contributed by atoms with E-state index in [2.05, 4.69) is 6.07 Å². The van der Waals surface area contributed by atoms with E-state index in [1.54, 1.807) is 75.4 Å². The van der Waals surface area contributed by atoms with E-state index in [1.807, 2.05) is 6.07 Å². The van der Waals surface area contributed by atoms with E-state index in [-0.39, 0.29) is 29.9 Å². The highest BCUT2D eigenvalue weighted by molar-refractivity contribution is 5.98. The van der Waals surface area contributed by atoms with Gasteiger partial charge in [0.15, 0.2) is 5.78 Å². The molecule has 0 amide bonds. The molecule has 1 aromatic heterocycles. The molecule has 246 valence electrons. The minimum Gasteiger partial charge on any atom is -0.326 e. The quantitative estimate of drug-likeness (QED) is 0.119. The first-order valence-corrected chi connectivity index (χ1v) is 16.1. The Bertz CT molecular complexity index is 1820. The number of carbonyl (C=O) groups is 1. The van der Waals surface area contributed by atoms with Crippen molar-refractivity contribution in [2.45, 2.75) is 77.1 Å². The fourth-order valence-electron chi connectivity index (χ4n) is 6.50. The predicted molar refractivity (Wildman–Crippen MR) is 174 cm³/mol. The maximum atomic E-state index is 15.6. The van der Waals surface area contributed by atoms with Crippen molar-refractivity contribution in [1.82, 2.24) is 4.57 Å². The third kappa shape index (κ3) is 6.90. The Morgan fingerprint density at radius 1 is 1.02 bits per heavy atom. The Morgan fingerprint density at radius 3 is 2.36 bits per heavy atom. The maximum absolute atomic E-state index is 15.6. The number of aromatic nitrogens is 1. The number of nitrogens with zero attached hydrogens (tertiary/aromatic N) is 2. The van der Waals surface area contributed by atoms with Crippen LogP contribution >= 0.6 is 0 Å². The Balaban J connectivity index is 1.57. The summed E-state index contributed by atoms with van der Waals surface area (Å²) < 4.78 is 59.8. The number of halogens is 4. The second kappa shape index (κ2) is 13.5. The van der Waals surface area contributed by atoms with E-state index in [0.29, 0.717) is 34.7 Å². The normalized spacial score (nSPS) is 15.9. The molecule has 0 aliphatic heterocycles. The second-order valence-electron chi connectivity index (χ2n) is 12.8. The van der Waals surface area contributed by atoms with E-state index < -0.39 is 40.7 Å². The number of ketones is 1. The summed E-state index contributed by atoms with van der Waals surface area (Å²) in [4.78, 5) is 14.2. The van der Waals surface area contributed by atoms with Crippen molar-refractivity contribution in [3.63, 3.8) is 0 Å². The second-order valence-corrected chi connectivity index (χ2v) is 12.8. The van der Waals surface area contributed by atoms with Gasteiger partial charge in [-0.05, 0) is 89.8 Å². The molecule has 0 radical (unpaired) electrons. The molecule has 1 aliphatic rings. The third-order valence-corrected chi connectivity index (χ3v) is 9.72. The van der Waals surface area contributed by atoms with Gasteiger partial charge in [-0.1, -0.05) is 70.0 Å². The predicted octanol–water partition coefficient (Wildman–Crippen LogP) is 8.54. The maximum Gasteiger partial charge on any atom is 0.418 e. The van der Waals surface area contributed by atoms with Crippen LogP contribution in [0.25, 0.3) is 5.69 Å². The van der Waals surface area contributed by atoms with Gasteiger partial charge < -0.3 is 16.0 Å². The van der Waals surface area contributed by atoms with E-state index in [4.69, 9.17) is 11.5 Å². The number of hydrogen-bond acceptors (Lipinski definition) is 4. The molecule has 1 fully saturated rings. The van der Waals surface area contributed by atoms with Crippen molar-refractivity contribution in [2.24, 2.45) is 23.3 Å². The topological polar surface area (TPSA) is 97.8 Å². The lowest BCUT2D eigenvalue weighted by molar-refractivity contribution is -0.138. The average molecular weight is 645 g/mol. The molecule has 9 heteroatoms. The molecule has 5 rings (SSSR count). The summed E-state index contributed by atoms with van der Waals surface area (Å²) in [6, 6.07) is 21.6. The highest BCUT2D eigenvalue weighted by atomic mass is 19.4. The molecule has 5 nitrogen and oxygen atoms in total. The zero-order chi connectivity index (χ0) is 34.1. The van der Waals surface area contributed by atoms with Gasteiger partial charge in [0.05, 0.1) is 28.4 Å². The number of rotatable bonds is 12. The zero-order valence-electron chi connectivity index (χ0n) is 26.9. The third-order valence-electron chi connectivity index (χ3n) is 9.72. The first-order valence-electron chi connectivity index (χ1n) is 16.1. The van der Waals surface area contributed by atoms with Crippen molar-refractivity contribution < 1.29 is 22.4 Å². The number of nitrogens with two attached hydrogens (primary N) is 2. The van der Waals surface area contributed by atoms with Gasteiger partial charge in [-0.25, -0.2) is 4.39 Å². The van der Waals surface area contributed by atoms with Crippen molar-refractivity contribution in [1.29, 1.82) is 5.26 Å². The summed E-state index contributed by atoms with van der Waals surface area (Å²) in [5.74, 6) is -2.10. The van der Waals surface area contributed by atoms with Crippen LogP contribution in [0, 0.1) is 29.0 Å². The summed E-state index contributed by atoms with van der Waals surface area (Å²) in [6.45, 7) is 5.12. The van der Waals surface area contributed by atoms with E-state index in [9.17, 15) is 23.2 Å². The molecule has 1 aliphatic carbocycles. The molecule has 3 aromatic carbocycles. The van der Waals surface area contributed by atoms with Gasteiger partial charge in [-0.15, -0.1) is 0 Å². The summed E-state index contributed by atoms with van der Waals surface area (Å²) in [5.41, 5.74) is 14.1. The van der Waals surface area contributed by atoms with Crippen molar-refractivity contribution >= 4 is 5.78 Å². The fraction of sp³-hybridized carbons (Fsp3) is 0.368. The van der Waals surface area contributed by atoms with Crippen LogP contribution in [-0.4, -0.2) is 10.4 Å². The van der Waals surface area contributed by atoms with Gasteiger partial charge in [0.1, 0.15) is 5.82 Å². The number of carbonyl (C=O) groups excluding carboxylic acids is 1. The standard InChI is InChI=1S/C38H40F4N4O/c1-4-34-32(38(40,41)42)20-35(46(34)30-10-6-8-27(18-30)22-44)36(47)24(3)23(2)31-19-29(13-14-33(31)39)37(45,16-15-25-11-12-25)28-9-5-7-26(17-28)21-43/h5-10,13-14,17-20,23-25H,4,11-12,15-16,22,44-45H2,1-3H3. The molecule has 47 heavy (non-hydrogen) atoms. The smallest absolute Gasteiger partial charge is 0.326 e. The van der Waals surface area contributed by atoms with Crippen LogP contribution in [-0.2, 0) is 24.7 Å². The van der Waals surface area contributed by atoms with Crippen LogP contribution in [0.15, 0.2) is 72.8 Å². The van der Waals surface area contributed by atoms with Crippen molar-refractivity contribution in [3.05, 3.63) is 123 Å². The van der Waals surface area contributed by atoms with Gasteiger partial charge in [0.2, 0.25) is 0 Å². The van der Waals surface area contributed by atoms with E-state index >= 15 is 4.39 Å². The van der Waals surface area contributed by atoms with Crippen LogP contribution < -0.4 is 11.5 Å². The first-order chi connectivity index (χ1) is 22.3. The molecule has 1 saturated carbocycles. The van der Waals surface area contributed by atoms with Gasteiger partial charge in [0, 0.05) is 23.8 Å². The summed E-state index contributed by atoms with van der Waals surface area (Å²) in [5, 5.41) is 9.54. The molecule has 4 aromatic rings. The van der Waals surface area contributed by atoms with E-state index in [1.165, 1.54) is 10.6 Å². The molecular weight excluding hydrogens is 604 g/mol. The number of Topliss-reactive ketones (excluding diaryl/α,β-unsaturated/α-hetero) is 1. The first kappa shape index (κ1) is 34.1. The highest BCUT2D eigenvalue weighted by Crippen LogP contribution is 2.42. The monoisotopic (exact) mass is 644 g/mol. The molecular formula is C38H40F4N4O.